The lowest BCUT2D eigenvalue weighted by atomic mass is 10.1. The summed E-state index contributed by atoms with van der Waals surface area (Å²) >= 11 is 5.97. The predicted octanol–water partition coefficient (Wildman–Crippen LogP) is 4.57. The van der Waals surface area contributed by atoms with Crippen molar-refractivity contribution >= 4 is 38.5 Å². The largest absolute Gasteiger partial charge is 0.443 e. The zero-order chi connectivity index (χ0) is 23.1. The van der Waals surface area contributed by atoms with Gasteiger partial charge in [0.25, 0.3) is 10.0 Å². The molecule has 1 atom stereocenters. The molecule has 170 valence electrons. The molecule has 0 saturated carbocycles. The average molecular weight is 487 g/mol. The van der Waals surface area contributed by atoms with Crippen LogP contribution in [0.1, 0.15) is 24.0 Å². The van der Waals surface area contributed by atoms with Gasteiger partial charge in [-0.2, -0.15) is 17.5 Å². The normalized spacial score (nSPS) is 17.7. The van der Waals surface area contributed by atoms with Crippen LogP contribution in [0.5, 0.6) is 0 Å². The summed E-state index contributed by atoms with van der Waals surface area (Å²) in [5, 5.41) is 2.93. The topological polar surface area (TPSA) is 79.6 Å². The SMILES string of the molecule is O=C(NCc1cc(C(F)(F)F)ccc1Cl)[C@@H]1CCCN1S(=O)(=O)c1cc2ccccc2o1. The number of hydrogen-bond donors (Lipinski definition) is 1. The number of rotatable bonds is 5. The number of fused-ring (bicyclic) bond motifs is 1. The fourth-order valence-electron chi connectivity index (χ4n) is 3.68. The Balaban J connectivity index is 1.52. The molecule has 3 aromatic rings. The first-order valence-corrected chi connectivity index (χ1v) is 11.5. The number of carbonyl (C=O) groups excluding carboxylic acids is 1. The van der Waals surface area contributed by atoms with E-state index in [1.165, 1.54) is 6.07 Å². The fraction of sp³-hybridized carbons (Fsp3) is 0.286. The second kappa shape index (κ2) is 8.42. The summed E-state index contributed by atoms with van der Waals surface area (Å²) in [4.78, 5) is 12.8. The third kappa shape index (κ3) is 4.35. The smallest absolute Gasteiger partial charge is 0.416 e. The van der Waals surface area contributed by atoms with Gasteiger partial charge in [0.2, 0.25) is 11.0 Å². The minimum atomic E-state index is -4.55. The van der Waals surface area contributed by atoms with Gasteiger partial charge in [0.1, 0.15) is 11.6 Å². The van der Waals surface area contributed by atoms with Gasteiger partial charge in [0.05, 0.1) is 5.56 Å². The van der Waals surface area contributed by atoms with E-state index < -0.39 is 33.7 Å². The molecular formula is C21H18ClF3N2O4S. The molecule has 1 aliphatic heterocycles. The maximum atomic E-state index is 13.1. The molecule has 0 bridgehead atoms. The van der Waals surface area contributed by atoms with E-state index in [0.29, 0.717) is 17.4 Å². The van der Waals surface area contributed by atoms with Crippen LogP contribution in [-0.2, 0) is 27.5 Å². The molecule has 1 amide bonds. The summed E-state index contributed by atoms with van der Waals surface area (Å²) in [7, 11) is -4.08. The molecule has 32 heavy (non-hydrogen) atoms. The zero-order valence-corrected chi connectivity index (χ0v) is 18.1. The molecule has 0 radical (unpaired) electrons. The summed E-state index contributed by atoms with van der Waals surface area (Å²) < 4.78 is 71.6. The zero-order valence-electron chi connectivity index (χ0n) is 16.5. The number of benzene rings is 2. The van der Waals surface area contributed by atoms with Crippen LogP contribution in [0.15, 0.2) is 58.0 Å². The molecule has 1 N–H and O–H groups in total. The summed E-state index contributed by atoms with van der Waals surface area (Å²) in [6.45, 7) is -0.140. The number of nitrogens with zero attached hydrogens (tertiary/aromatic N) is 1. The quantitative estimate of drug-likeness (QED) is 0.572. The molecule has 0 spiro atoms. The first kappa shape index (κ1) is 22.6. The highest BCUT2D eigenvalue weighted by atomic mass is 35.5. The van der Waals surface area contributed by atoms with Crippen molar-refractivity contribution in [2.75, 3.05) is 6.54 Å². The van der Waals surface area contributed by atoms with Crippen LogP contribution in [0.2, 0.25) is 5.02 Å². The lowest BCUT2D eigenvalue weighted by Crippen LogP contribution is -2.45. The van der Waals surface area contributed by atoms with Gasteiger partial charge in [0, 0.05) is 29.6 Å². The third-order valence-electron chi connectivity index (χ3n) is 5.30. The van der Waals surface area contributed by atoms with Crippen molar-refractivity contribution in [3.63, 3.8) is 0 Å². The highest BCUT2D eigenvalue weighted by molar-refractivity contribution is 7.89. The van der Waals surface area contributed by atoms with E-state index in [9.17, 15) is 26.4 Å². The number of nitrogens with one attached hydrogen (secondary N) is 1. The fourth-order valence-corrected chi connectivity index (χ4v) is 5.47. The lowest BCUT2D eigenvalue weighted by molar-refractivity contribution is -0.137. The Morgan fingerprint density at radius 2 is 1.94 bits per heavy atom. The Hall–Kier alpha value is -2.56. The Kier molecular flexibility index (Phi) is 5.95. The number of halogens is 4. The van der Waals surface area contributed by atoms with E-state index in [4.69, 9.17) is 16.0 Å². The van der Waals surface area contributed by atoms with Crippen molar-refractivity contribution in [3.8, 4) is 0 Å². The molecule has 1 aliphatic rings. The molecule has 0 aliphatic carbocycles. The van der Waals surface area contributed by atoms with Crippen molar-refractivity contribution in [3.05, 3.63) is 64.7 Å². The highest BCUT2D eigenvalue weighted by Crippen LogP contribution is 2.32. The molecule has 2 heterocycles. The van der Waals surface area contributed by atoms with Gasteiger partial charge < -0.3 is 9.73 Å². The lowest BCUT2D eigenvalue weighted by Gasteiger charge is -2.22. The van der Waals surface area contributed by atoms with Gasteiger partial charge in [-0.15, -0.1) is 0 Å². The Morgan fingerprint density at radius 1 is 1.19 bits per heavy atom. The van der Waals surface area contributed by atoms with E-state index in [1.807, 2.05) is 0 Å². The Labute approximate surface area is 187 Å². The molecule has 6 nitrogen and oxygen atoms in total. The van der Waals surface area contributed by atoms with Crippen molar-refractivity contribution in [1.82, 2.24) is 9.62 Å². The second-order valence-corrected chi connectivity index (χ2v) is 9.63. The van der Waals surface area contributed by atoms with Crippen LogP contribution in [0.25, 0.3) is 11.0 Å². The molecule has 11 heteroatoms. The molecule has 1 aromatic heterocycles. The van der Waals surface area contributed by atoms with E-state index >= 15 is 0 Å². The monoisotopic (exact) mass is 486 g/mol. The van der Waals surface area contributed by atoms with Gasteiger partial charge in [-0.05, 0) is 42.7 Å². The first-order valence-electron chi connectivity index (χ1n) is 9.71. The standard InChI is InChI=1S/C21H18ClF3N2O4S/c22-16-8-7-15(21(23,24)25)10-14(16)12-26-20(28)17-5-3-9-27(17)32(29,30)19-11-13-4-1-2-6-18(13)31-19/h1-2,4,6-8,10-11,17H,3,5,9,12H2,(H,26,28)/t17-/m0/s1. The number of alkyl halides is 3. The van der Waals surface area contributed by atoms with E-state index in [0.717, 1.165) is 22.5 Å². The number of amides is 1. The molecule has 4 rings (SSSR count). The van der Waals surface area contributed by atoms with E-state index in [1.54, 1.807) is 24.3 Å². The van der Waals surface area contributed by atoms with Crippen LogP contribution in [0.4, 0.5) is 13.2 Å². The number of hydrogen-bond acceptors (Lipinski definition) is 4. The maximum Gasteiger partial charge on any atom is 0.416 e. The average Bonchev–Trinajstić information content (AvgIpc) is 3.40. The van der Waals surface area contributed by atoms with Crippen molar-refractivity contribution in [2.45, 2.75) is 36.7 Å². The Morgan fingerprint density at radius 3 is 2.66 bits per heavy atom. The number of furan rings is 1. The molecule has 2 aromatic carbocycles. The van der Waals surface area contributed by atoms with Gasteiger partial charge in [-0.1, -0.05) is 29.8 Å². The summed E-state index contributed by atoms with van der Waals surface area (Å²) in [5.41, 5.74) is -0.397. The predicted molar refractivity (Wildman–Crippen MR) is 111 cm³/mol. The minimum absolute atomic E-state index is 0.0662. The van der Waals surface area contributed by atoms with E-state index in [-0.39, 0.29) is 35.2 Å². The van der Waals surface area contributed by atoms with Gasteiger partial charge >= 0.3 is 6.18 Å². The second-order valence-electron chi connectivity index (χ2n) is 7.40. The van der Waals surface area contributed by atoms with Crippen LogP contribution < -0.4 is 5.32 Å². The Bertz CT molecular complexity index is 1240. The van der Waals surface area contributed by atoms with Crippen LogP contribution in [0.3, 0.4) is 0 Å². The number of sulfonamides is 1. The molecule has 1 saturated heterocycles. The van der Waals surface area contributed by atoms with Crippen LogP contribution in [0, 0.1) is 0 Å². The molecule has 0 unspecified atom stereocenters. The van der Waals surface area contributed by atoms with Crippen molar-refractivity contribution in [2.24, 2.45) is 0 Å². The molecular weight excluding hydrogens is 469 g/mol. The maximum absolute atomic E-state index is 13.1. The van der Waals surface area contributed by atoms with E-state index in [2.05, 4.69) is 5.32 Å². The first-order chi connectivity index (χ1) is 15.1. The summed E-state index contributed by atoms with van der Waals surface area (Å²) in [6, 6.07) is 10.0. The number of carbonyl (C=O) groups is 1. The summed E-state index contributed by atoms with van der Waals surface area (Å²) in [5.74, 6) is -0.615. The van der Waals surface area contributed by atoms with Crippen LogP contribution >= 0.6 is 11.6 Å². The highest BCUT2D eigenvalue weighted by Gasteiger charge is 2.41. The third-order valence-corrected chi connectivity index (χ3v) is 7.43. The van der Waals surface area contributed by atoms with Crippen molar-refractivity contribution in [1.29, 1.82) is 0 Å². The van der Waals surface area contributed by atoms with Crippen molar-refractivity contribution < 1.29 is 30.8 Å². The van der Waals surface area contributed by atoms with Gasteiger partial charge in [0.15, 0.2) is 0 Å². The van der Waals surface area contributed by atoms with Gasteiger partial charge in [-0.3, -0.25) is 4.79 Å². The molecule has 1 fully saturated rings. The number of para-hydroxylation sites is 1. The van der Waals surface area contributed by atoms with Crippen LogP contribution in [-0.4, -0.2) is 31.2 Å². The summed E-state index contributed by atoms with van der Waals surface area (Å²) in [6.07, 6.45) is -3.81. The van der Waals surface area contributed by atoms with Gasteiger partial charge in [-0.25, -0.2) is 8.42 Å². The minimum Gasteiger partial charge on any atom is -0.443 e.